The number of hydrogen-bond donors (Lipinski definition) is 1. The lowest BCUT2D eigenvalue weighted by Crippen LogP contribution is -1.92. The Labute approximate surface area is 144 Å². The molecular formula is C20H13ClN2O. The first-order valence-electron chi connectivity index (χ1n) is 7.53. The van der Waals surface area contributed by atoms with Gasteiger partial charge in [-0.1, -0.05) is 48.5 Å². The fraction of sp³-hybridized carbons (Fsp3) is 0. The van der Waals surface area contributed by atoms with Crippen molar-refractivity contribution in [2.45, 2.75) is 0 Å². The van der Waals surface area contributed by atoms with Crippen molar-refractivity contribution in [3.63, 3.8) is 0 Å². The minimum atomic E-state index is 0.158. The van der Waals surface area contributed by atoms with E-state index in [0.717, 1.165) is 22.0 Å². The van der Waals surface area contributed by atoms with E-state index in [2.05, 4.69) is 9.97 Å². The summed E-state index contributed by atoms with van der Waals surface area (Å²) in [5, 5.41) is 11.1. The number of nitrogens with zero attached hydrogens (tertiary/aromatic N) is 2. The van der Waals surface area contributed by atoms with Crippen LogP contribution in [0.5, 0.6) is 5.75 Å². The Balaban J connectivity index is 1.96. The molecule has 0 amide bonds. The number of fused-ring (bicyclic) bond motifs is 1. The van der Waals surface area contributed by atoms with Gasteiger partial charge in [-0.15, -0.1) is 0 Å². The molecule has 0 saturated carbocycles. The average molecular weight is 333 g/mol. The molecule has 0 bridgehead atoms. The van der Waals surface area contributed by atoms with Crippen LogP contribution in [0.2, 0.25) is 5.28 Å². The average Bonchev–Trinajstić information content (AvgIpc) is 2.62. The second kappa shape index (κ2) is 5.95. The van der Waals surface area contributed by atoms with Crippen molar-refractivity contribution in [3.8, 4) is 28.1 Å². The van der Waals surface area contributed by atoms with Crippen LogP contribution < -0.4 is 0 Å². The summed E-state index contributed by atoms with van der Waals surface area (Å²) in [5.74, 6) is 0.167. The van der Waals surface area contributed by atoms with Gasteiger partial charge in [0.1, 0.15) is 5.75 Å². The molecule has 24 heavy (non-hydrogen) atoms. The van der Waals surface area contributed by atoms with Crippen molar-refractivity contribution in [1.29, 1.82) is 0 Å². The van der Waals surface area contributed by atoms with Crippen molar-refractivity contribution in [2.75, 3.05) is 0 Å². The van der Waals surface area contributed by atoms with E-state index in [1.165, 1.54) is 0 Å². The molecule has 4 rings (SSSR count). The number of hydrogen-bond acceptors (Lipinski definition) is 3. The Morgan fingerprint density at radius 1 is 0.750 bits per heavy atom. The molecule has 0 atom stereocenters. The normalized spacial score (nSPS) is 10.9. The summed E-state index contributed by atoms with van der Waals surface area (Å²) in [5.41, 5.74) is 4.18. The molecule has 4 heteroatoms. The van der Waals surface area contributed by atoms with Gasteiger partial charge in [-0.25, -0.2) is 9.97 Å². The predicted molar refractivity (Wildman–Crippen MR) is 97.1 cm³/mol. The van der Waals surface area contributed by atoms with Crippen molar-refractivity contribution >= 4 is 22.5 Å². The van der Waals surface area contributed by atoms with Crippen molar-refractivity contribution in [1.82, 2.24) is 9.97 Å². The zero-order valence-electron chi connectivity index (χ0n) is 12.6. The Morgan fingerprint density at radius 3 is 2.29 bits per heavy atom. The van der Waals surface area contributed by atoms with Crippen LogP contribution in [0.1, 0.15) is 0 Å². The van der Waals surface area contributed by atoms with Crippen molar-refractivity contribution < 1.29 is 5.11 Å². The van der Waals surface area contributed by atoms with Crippen LogP contribution in [0.25, 0.3) is 33.3 Å². The highest BCUT2D eigenvalue weighted by atomic mass is 35.5. The van der Waals surface area contributed by atoms with Gasteiger partial charge in [0.25, 0.3) is 0 Å². The SMILES string of the molecule is Oc1ccccc1-c1nc(Cl)nc2cc(-c3ccccc3)ccc12. The molecule has 4 aromatic rings. The zero-order valence-corrected chi connectivity index (χ0v) is 13.4. The number of phenolic OH excluding ortho intramolecular Hbond substituents is 1. The number of halogens is 1. The van der Waals surface area contributed by atoms with Gasteiger partial charge in [0.15, 0.2) is 0 Å². The first-order chi connectivity index (χ1) is 11.7. The Hall–Kier alpha value is -2.91. The van der Waals surface area contributed by atoms with Gasteiger partial charge in [-0.3, -0.25) is 0 Å². The van der Waals surface area contributed by atoms with Crippen LogP contribution >= 0.6 is 11.6 Å². The number of benzene rings is 3. The molecule has 0 aliphatic heterocycles. The minimum Gasteiger partial charge on any atom is -0.507 e. The van der Waals surface area contributed by atoms with Gasteiger partial charge in [0.2, 0.25) is 5.28 Å². The summed E-state index contributed by atoms with van der Waals surface area (Å²) in [4.78, 5) is 8.68. The fourth-order valence-corrected chi connectivity index (χ4v) is 2.97. The topological polar surface area (TPSA) is 46.0 Å². The largest absolute Gasteiger partial charge is 0.507 e. The van der Waals surface area contributed by atoms with Gasteiger partial charge in [0, 0.05) is 10.9 Å². The summed E-state index contributed by atoms with van der Waals surface area (Å²) >= 11 is 6.12. The molecule has 0 fully saturated rings. The Morgan fingerprint density at radius 2 is 1.50 bits per heavy atom. The lowest BCUT2D eigenvalue weighted by Gasteiger charge is -2.09. The quantitative estimate of drug-likeness (QED) is 0.505. The molecule has 1 N–H and O–H groups in total. The lowest BCUT2D eigenvalue weighted by atomic mass is 10.0. The first kappa shape index (κ1) is 14.7. The first-order valence-corrected chi connectivity index (χ1v) is 7.91. The zero-order chi connectivity index (χ0) is 16.5. The van der Waals surface area contributed by atoms with E-state index in [1.54, 1.807) is 12.1 Å². The molecule has 1 aromatic heterocycles. The second-order valence-corrected chi connectivity index (χ2v) is 5.79. The molecule has 0 radical (unpaired) electrons. The lowest BCUT2D eigenvalue weighted by molar-refractivity contribution is 0.477. The van der Waals surface area contributed by atoms with Gasteiger partial charge >= 0.3 is 0 Å². The Bertz CT molecular complexity index is 1030. The van der Waals surface area contributed by atoms with Crippen LogP contribution in [0.4, 0.5) is 0 Å². The smallest absolute Gasteiger partial charge is 0.223 e. The van der Waals surface area contributed by atoms with Crippen LogP contribution in [0, 0.1) is 0 Å². The number of rotatable bonds is 2. The molecular weight excluding hydrogens is 320 g/mol. The van der Waals surface area contributed by atoms with Gasteiger partial charge < -0.3 is 5.11 Å². The maximum Gasteiger partial charge on any atom is 0.223 e. The molecule has 0 unspecified atom stereocenters. The highest BCUT2D eigenvalue weighted by Gasteiger charge is 2.13. The second-order valence-electron chi connectivity index (χ2n) is 5.46. The van der Waals surface area contributed by atoms with E-state index >= 15 is 0 Å². The van der Waals surface area contributed by atoms with E-state index in [9.17, 15) is 5.11 Å². The number of phenols is 1. The maximum atomic E-state index is 10.1. The summed E-state index contributed by atoms with van der Waals surface area (Å²) in [6, 6.07) is 23.2. The summed E-state index contributed by atoms with van der Waals surface area (Å²) in [6.45, 7) is 0. The van der Waals surface area contributed by atoms with Gasteiger partial charge in [-0.2, -0.15) is 0 Å². The highest BCUT2D eigenvalue weighted by molar-refractivity contribution is 6.29. The van der Waals surface area contributed by atoms with E-state index < -0.39 is 0 Å². The van der Waals surface area contributed by atoms with Crippen LogP contribution in [-0.2, 0) is 0 Å². The number of aromatic nitrogens is 2. The third kappa shape index (κ3) is 2.59. The minimum absolute atomic E-state index is 0.158. The van der Waals surface area contributed by atoms with Crippen molar-refractivity contribution in [3.05, 3.63) is 78.1 Å². The maximum absolute atomic E-state index is 10.1. The van der Waals surface area contributed by atoms with E-state index in [4.69, 9.17) is 11.6 Å². The van der Waals surface area contributed by atoms with E-state index in [1.807, 2.05) is 60.7 Å². The highest BCUT2D eigenvalue weighted by Crippen LogP contribution is 2.34. The molecule has 0 aliphatic rings. The van der Waals surface area contributed by atoms with Crippen LogP contribution in [-0.4, -0.2) is 15.1 Å². The Kier molecular flexibility index (Phi) is 3.63. The molecule has 3 aromatic carbocycles. The standard InChI is InChI=1S/C20H13ClN2O/c21-20-22-17-12-14(13-6-2-1-3-7-13)10-11-15(17)19(23-20)16-8-4-5-9-18(16)24/h1-12,24H. The summed E-state index contributed by atoms with van der Waals surface area (Å²) in [7, 11) is 0. The van der Waals surface area contributed by atoms with Crippen LogP contribution in [0.3, 0.4) is 0 Å². The third-order valence-corrected chi connectivity index (χ3v) is 4.10. The number of para-hydroxylation sites is 1. The van der Waals surface area contributed by atoms with Crippen molar-refractivity contribution in [2.24, 2.45) is 0 Å². The number of aromatic hydroxyl groups is 1. The predicted octanol–water partition coefficient (Wildman–Crippen LogP) is 5.32. The monoisotopic (exact) mass is 332 g/mol. The van der Waals surface area contributed by atoms with E-state index in [0.29, 0.717) is 11.3 Å². The molecule has 0 aliphatic carbocycles. The molecule has 1 heterocycles. The molecule has 0 saturated heterocycles. The molecule has 116 valence electrons. The summed E-state index contributed by atoms with van der Waals surface area (Å²) in [6.07, 6.45) is 0. The third-order valence-electron chi connectivity index (χ3n) is 3.94. The molecule has 0 spiro atoms. The van der Waals surface area contributed by atoms with Crippen LogP contribution in [0.15, 0.2) is 72.8 Å². The van der Waals surface area contributed by atoms with Gasteiger partial charge in [-0.05, 0) is 47.0 Å². The summed E-state index contributed by atoms with van der Waals surface area (Å²) < 4.78 is 0. The molecule has 3 nitrogen and oxygen atoms in total. The fourth-order valence-electron chi connectivity index (χ4n) is 2.79. The van der Waals surface area contributed by atoms with Gasteiger partial charge in [0.05, 0.1) is 11.2 Å². The van der Waals surface area contributed by atoms with E-state index in [-0.39, 0.29) is 11.0 Å².